The summed E-state index contributed by atoms with van der Waals surface area (Å²) in [5.41, 5.74) is 1.12. The van der Waals surface area contributed by atoms with Gasteiger partial charge in [-0.1, -0.05) is 18.2 Å². The number of hydrogen-bond acceptors (Lipinski definition) is 4. The van der Waals surface area contributed by atoms with Crippen molar-refractivity contribution in [3.8, 4) is 0 Å². The van der Waals surface area contributed by atoms with Gasteiger partial charge in [-0.15, -0.1) is 0 Å². The summed E-state index contributed by atoms with van der Waals surface area (Å²) in [5, 5.41) is 2.38. The molecule has 1 heterocycles. The Morgan fingerprint density at radius 1 is 1.36 bits per heavy atom. The second-order valence-electron chi connectivity index (χ2n) is 4.71. The van der Waals surface area contributed by atoms with Gasteiger partial charge in [0, 0.05) is 13.0 Å². The van der Waals surface area contributed by atoms with E-state index >= 15 is 0 Å². The summed E-state index contributed by atoms with van der Waals surface area (Å²) in [5.74, 6) is -1.14. The van der Waals surface area contributed by atoms with Crippen LogP contribution < -0.4 is 5.32 Å². The molecule has 0 fully saturated rings. The lowest BCUT2D eigenvalue weighted by Crippen LogP contribution is -2.43. The van der Waals surface area contributed by atoms with Gasteiger partial charge in [0.15, 0.2) is 6.10 Å². The molecule has 1 aliphatic rings. The van der Waals surface area contributed by atoms with E-state index in [1.807, 2.05) is 0 Å². The second kappa shape index (κ2) is 6.78. The summed E-state index contributed by atoms with van der Waals surface area (Å²) in [6.07, 6.45) is -5.14. The molecule has 120 valence electrons. The predicted molar refractivity (Wildman–Crippen MR) is 69.2 cm³/mol. The molecule has 22 heavy (non-hydrogen) atoms. The van der Waals surface area contributed by atoms with Crippen LogP contribution in [0.25, 0.3) is 0 Å². The Bertz CT molecular complexity index is 559. The van der Waals surface area contributed by atoms with Crippen LogP contribution in [0.1, 0.15) is 15.9 Å². The van der Waals surface area contributed by atoms with Gasteiger partial charge < -0.3 is 14.8 Å². The van der Waals surface area contributed by atoms with Crippen molar-refractivity contribution in [3.63, 3.8) is 0 Å². The smallest absolute Gasteiger partial charge is 0.411 e. The normalized spacial score (nSPS) is 17.6. The number of ether oxygens (including phenoxy) is 2. The molecule has 2 rings (SSSR count). The van der Waals surface area contributed by atoms with Gasteiger partial charge in [0.1, 0.15) is 6.61 Å². The molecule has 0 aliphatic carbocycles. The Morgan fingerprint density at radius 3 is 2.82 bits per heavy atom. The summed E-state index contributed by atoms with van der Waals surface area (Å²) < 4.78 is 44.9. The van der Waals surface area contributed by atoms with Crippen molar-refractivity contribution < 1.29 is 32.2 Å². The lowest BCUT2D eigenvalue weighted by atomic mass is 9.98. The Hall–Kier alpha value is -2.09. The highest BCUT2D eigenvalue weighted by molar-refractivity contribution is 5.95. The molecule has 0 saturated heterocycles. The van der Waals surface area contributed by atoms with Crippen LogP contribution in [0.15, 0.2) is 24.3 Å². The number of esters is 1. The third kappa shape index (κ3) is 4.45. The van der Waals surface area contributed by atoms with Crippen LogP contribution in [-0.4, -0.2) is 43.9 Å². The first-order chi connectivity index (χ1) is 10.4. The predicted octanol–water partition coefficient (Wildman–Crippen LogP) is 1.46. The van der Waals surface area contributed by atoms with Gasteiger partial charge in [-0.25, -0.2) is 4.79 Å². The quantitative estimate of drug-likeness (QED) is 0.660. The first kappa shape index (κ1) is 16.3. The number of fused-ring (bicyclic) bond motifs is 1. The van der Waals surface area contributed by atoms with Crippen molar-refractivity contribution in [3.05, 3.63) is 35.4 Å². The average molecular weight is 317 g/mol. The zero-order valence-corrected chi connectivity index (χ0v) is 11.5. The molecule has 1 aliphatic heterocycles. The van der Waals surface area contributed by atoms with Crippen molar-refractivity contribution >= 4 is 11.9 Å². The molecule has 1 aromatic rings. The zero-order valence-electron chi connectivity index (χ0n) is 11.5. The van der Waals surface area contributed by atoms with E-state index in [0.29, 0.717) is 11.1 Å². The van der Waals surface area contributed by atoms with Gasteiger partial charge >= 0.3 is 12.1 Å². The third-order valence-electron chi connectivity index (χ3n) is 3.00. The van der Waals surface area contributed by atoms with E-state index in [1.54, 1.807) is 24.3 Å². The molecule has 1 aromatic carbocycles. The monoisotopic (exact) mass is 317 g/mol. The highest BCUT2D eigenvalue weighted by Crippen LogP contribution is 2.20. The molecule has 0 radical (unpaired) electrons. The number of halogens is 3. The number of alkyl halides is 3. The van der Waals surface area contributed by atoms with E-state index in [9.17, 15) is 22.8 Å². The fourth-order valence-corrected chi connectivity index (χ4v) is 2.03. The van der Waals surface area contributed by atoms with Gasteiger partial charge in [-0.05, 0) is 11.6 Å². The maximum absolute atomic E-state index is 11.8. The average Bonchev–Trinajstić information content (AvgIpc) is 2.45. The molecular weight excluding hydrogens is 303 g/mol. The minimum Gasteiger partial charge on any atom is -0.448 e. The van der Waals surface area contributed by atoms with Crippen LogP contribution in [0.3, 0.4) is 0 Å². The lowest BCUT2D eigenvalue weighted by molar-refractivity contribution is -0.173. The molecule has 0 saturated carbocycles. The van der Waals surface area contributed by atoms with E-state index in [2.05, 4.69) is 10.1 Å². The lowest BCUT2D eigenvalue weighted by Gasteiger charge is -2.23. The molecule has 8 heteroatoms. The highest BCUT2D eigenvalue weighted by atomic mass is 19.4. The molecular formula is C14H14F3NO4. The number of carbonyl (C=O) groups excluding carboxylic acids is 2. The van der Waals surface area contributed by atoms with Crippen molar-refractivity contribution in [2.24, 2.45) is 0 Å². The van der Waals surface area contributed by atoms with Crippen LogP contribution in [-0.2, 0) is 20.7 Å². The second-order valence-corrected chi connectivity index (χ2v) is 4.71. The number of cyclic esters (lactones) is 1. The first-order valence-corrected chi connectivity index (χ1v) is 6.58. The summed E-state index contributed by atoms with van der Waals surface area (Å²) in [6, 6.07) is 6.77. The van der Waals surface area contributed by atoms with E-state index < -0.39 is 30.8 Å². The molecule has 5 nitrogen and oxygen atoms in total. The highest BCUT2D eigenvalue weighted by Gasteiger charge is 2.31. The first-order valence-electron chi connectivity index (χ1n) is 6.58. The molecule has 0 aromatic heterocycles. The fraction of sp³-hybridized carbons (Fsp3) is 0.429. The van der Waals surface area contributed by atoms with Crippen molar-refractivity contribution in [2.75, 3.05) is 19.8 Å². The topological polar surface area (TPSA) is 64.6 Å². The Morgan fingerprint density at radius 2 is 2.09 bits per heavy atom. The summed E-state index contributed by atoms with van der Waals surface area (Å²) in [7, 11) is 0. The van der Waals surface area contributed by atoms with Crippen molar-refractivity contribution in [2.45, 2.75) is 18.7 Å². The van der Waals surface area contributed by atoms with E-state index in [1.165, 1.54) is 0 Å². The molecule has 0 spiro atoms. The van der Waals surface area contributed by atoms with Crippen LogP contribution in [0.5, 0.6) is 0 Å². The number of rotatable bonds is 5. The molecule has 1 amide bonds. The molecule has 1 unspecified atom stereocenters. The summed E-state index contributed by atoms with van der Waals surface area (Å²) >= 11 is 0. The molecule has 0 bridgehead atoms. The van der Waals surface area contributed by atoms with Gasteiger partial charge in [0.25, 0.3) is 5.91 Å². The Kier molecular flexibility index (Phi) is 5.02. The minimum atomic E-state index is -4.40. The van der Waals surface area contributed by atoms with Gasteiger partial charge in [0.2, 0.25) is 0 Å². The van der Waals surface area contributed by atoms with Crippen LogP contribution in [0.2, 0.25) is 0 Å². The van der Waals surface area contributed by atoms with Crippen LogP contribution >= 0.6 is 0 Å². The van der Waals surface area contributed by atoms with Crippen molar-refractivity contribution in [1.29, 1.82) is 0 Å². The largest absolute Gasteiger partial charge is 0.448 e. The summed E-state index contributed by atoms with van der Waals surface area (Å²) in [6.45, 7) is -1.73. The number of hydrogen-bond donors (Lipinski definition) is 1. The maximum atomic E-state index is 11.8. The van der Waals surface area contributed by atoms with E-state index in [-0.39, 0.29) is 19.6 Å². The van der Waals surface area contributed by atoms with Gasteiger partial charge in [0.05, 0.1) is 12.2 Å². The maximum Gasteiger partial charge on any atom is 0.411 e. The SMILES string of the molecule is O=C1OC(C(=O)NCCOCC(F)(F)F)Cc2ccccc21. The van der Waals surface area contributed by atoms with Crippen LogP contribution in [0, 0.1) is 0 Å². The number of amides is 1. The van der Waals surface area contributed by atoms with Gasteiger partial charge in [-0.2, -0.15) is 13.2 Å². The third-order valence-corrected chi connectivity index (χ3v) is 3.00. The standard InChI is InChI=1S/C14H14F3NO4/c15-14(16,17)8-21-6-5-18-12(19)11-7-9-3-1-2-4-10(9)13(20)22-11/h1-4,11H,5-8H2,(H,18,19). The van der Waals surface area contributed by atoms with Gasteiger partial charge in [-0.3, -0.25) is 4.79 Å². The summed E-state index contributed by atoms with van der Waals surface area (Å²) in [4.78, 5) is 23.6. The number of benzene rings is 1. The van der Waals surface area contributed by atoms with Crippen molar-refractivity contribution in [1.82, 2.24) is 5.32 Å². The van der Waals surface area contributed by atoms with Crippen LogP contribution in [0.4, 0.5) is 13.2 Å². The number of carbonyl (C=O) groups is 2. The fourth-order valence-electron chi connectivity index (χ4n) is 2.03. The molecule has 1 atom stereocenters. The minimum absolute atomic E-state index is 0.0926. The number of nitrogens with one attached hydrogen (secondary N) is 1. The Balaban J connectivity index is 1.79. The Labute approximate surface area is 124 Å². The van der Waals surface area contributed by atoms with E-state index in [4.69, 9.17) is 4.74 Å². The zero-order chi connectivity index (χ0) is 16.2. The van der Waals surface area contributed by atoms with E-state index in [0.717, 1.165) is 0 Å². The molecule has 1 N–H and O–H groups in total.